The second-order valence-electron chi connectivity index (χ2n) is 4.87. The topological polar surface area (TPSA) is 78.0 Å². The van der Waals surface area contributed by atoms with Gasteiger partial charge in [-0.2, -0.15) is 4.98 Å². The summed E-state index contributed by atoms with van der Waals surface area (Å²) < 4.78 is 2.78. The van der Waals surface area contributed by atoms with Crippen LogP contribution in [0.3, 0.4) is 0 Å². The van der Waals surface area contributed by atoms with Gasteiger partial charge in [-0.3, -0.25) is 9.56 Å². The number of nitrogens with zero attached hydrogens (tertiary/aromatic N) is 6. The second kappa shape index (κ2) is 5.75. The van der Waals surface area contributed by atoms with Gasteiger partial charge < -0.3 is 0 Å². The molecule has 0 saturated heterocycles. The molecule has 3 aromatic heterocycles. The lowest BCUT2D eigenvalue weighted by atomic mass is 10.2. The lowest BCUT2D eigenvalue weighted by molar-refractivity contribution is 0.746. The molecule has 9 heteroatoms. The first-order chi connectivity index (χ1) is 11.0. The van der Waals surface area contributed by atoms with Gasteiger partial charge in [0.15, 0.2) is 10.8 Å². The number of fused-ring (bicyclic) bond motifs is 1. The van der Waals surface area contributed by atoms with Crippen LogP contribution >= 0.6 is 23.2 Å². The van der Waals surface area contributed by atoms with E-state index in [1.807, 2.05) is 6.92 Å². The minimum absolute atomic E-state index is 0.0582. The zero-order chi connectivity index (χ0) is 16.7. The summed E-state index contributed by atoms with van der Waals surface area (Å²) in [6, 6.07) is 1.77. The molecule has 3 aromatic rings. The van der Waals surface area contributed by atoms with Crippen LogP contribution in [-0.2, 0) is 7.05 Å². The smallest absolute Gasteiger partial charge is 0.280 e. The van der Waals surface area contributed by atoms with Crippen LogP contribution in [0.1, 0.15) is 5.56 Å². The van der Waals surface area contributed by atoms with Crippen molar-refractivity contribution < 1.29 is 0 Å². The number of aromatic nitrogens is 5. The number of rotatable bonds is 1. The Morgan fingerprint density at radius 1 is 1.26 bits per heavy atom. The Bertz CT molecular complexity index is 1030. The first-order valence-corrected chi connectivity index (χ1v) is 7.40. The van der Waals surface area contributed by atoms with E-state index >= 15 is 0 Å². The van der Waals surface area contributed by atoms with Gasteiger partial charge in [0.2, 0.25) is 5.28 Å². The monoisotopic (exact) mass is 350 g/mol. The third kappa shape index (κ3) is 2.42. The molecule has 0 radical (unpaired) electrons. The van der Waals surface area contributed by atoms with E-state index < -0.39 is 0 Å². The predicted octanol–water partition coefficient (Wildman–Crippen LogP) is 1.66. The SMILES string of the molecule is CN=c1c2cnc(Cl)nc2n(C)c(=O)n1-c1c(C)ccnc1Cl. The molecule has 0 spiro atoms. The summed E-state index contributed by atoms with van der Waals surface area (Å²) >= 11 is 12.1. The summed E-state index contributed by atoms with van der Waals surface area (Å²) in [5, 5.41) is 0.854. The Morgan fingerprint density at radius 2 is 2.00 bits per heavy atom. The number of pyridine rings is 1. The molecule has 0 fully saturated rings. The zero-order valence-electron chi connectivity index (χ0n) is 12.6. The van der Waals surface area contributed by atoms with Gasteiger partial charge in [0.25, 0.3) is 0 Å². The van der Waals surface area contributed by atoms with Crippen molar-refractivity contribution in [1.82, 2.24) is 24.1 Å². The maximum absolute atomic E-state index is 12.9. The first kappa shape index (κ1) is 15.6. The molecule has 0 saturated carbocycles. The molecular formula is C14H12Cl2N6O. The molecule has 0 unspecified atom stereocenters. The average molecular weight is 351 g/mol. The molecule has 3 heterocycles. The third-order valence-electron chi connectivity index (χ3n) is 3.50. The summed E-state index contributed by atoms with van der Waals surface area (Å²) in [4.78, 5) is 29.2. The Morgan fingerprint density at radius 3 is 2.65 bits per heavy atom. The Labute approximate surface area is 140 Å². The maximum atomic E-state index is 12.9. The van der Waals surface area contributed by atoms with Crippen LogP contribution < -0.4 is 11.2 Å². The van der Waals surface area contributed by atoms with E-state index in [1.165, 1.54) is 15.3 Å². The van der Waals surface area contributed by atoms with E-state index in [1.54, 1.807) is 26.4 Å². The van der Waals surface area contributed by atoms with Gasteiger partial charge in [-0.25, -0.2) is 19.3 Å². The Hall–Kier alpha value is -2.25. The van der Waals surface area contributed by atoms with E-state index in [0.717, 1.165) is 5.56 Å². The van der Waals surface area contributed by atoms with Crippen molar-refractivity contribution in [3.05, 3.63) is 50.4 Å². The van der Waals surface area contributed by atoms with Crippen molar-refractivity contribution >= 4 is 34.2 Å². The molecule has 0 aliphatic carbocycles. The fourth-order valence-electron chi connectivity index (χ4n) is 2.42. The summed E-state index contributed by atoms with van der Waals surface area (Å²) in [5.41, 5.74) is 1.70. The summed E-state index contributed by atoms with van der Waals surface area (Å²) in [6.07, 6.45) is 3.11. The second-order valence-corrected chi connectivity index (χ2v) is 5.56. The fraction of sp³-hybridized carbons (Fsp3) is 0.214. The molecule has 0 aliphatic rings. The highest BCUT2D eigenvalue weighted by Gasteiger charge is 2.17. The van der Waals surface area contributed by atoms with Gasteiger partial charge in [-0.15, -0.1) is 0 Å². The van der Waals surface area contributed by atoms with E-state index in [9.17, 15) is 4.79 Å². The molecule has 0 bridgehead atoms. The zero-order valence-corrected chi connectivity index (χ0v) is 14.1. The summed E-state index contributed by atoms with van der Waals surface area (Å²) in [6.45, 7) is 1.84. The molecule has 118 valence electrons. The van der Waals surface area contributed by atoms with Gasteiger partial charge in [-0.05, 0) is 30.2 Å². The van der Waals surface area contributed by atoms with Crippen LogP contribution in [0, 0.1) is 6.92 Å². The molecule has 0 amide bonds. The van der Waals surface area contributed by atoms with Crippen molar-refractivity contribution in [1.29, 1.82) is 0 Å². The highest BCUT2D eigenvalue weighted by Crippen LogP contribution is 2.19. The van der Waals surface area contributed by atoms with Crippen LogP contribution in [0.5, 0.6) is 0 Å². The molecule has 23 heavy (non-hydrogen) atoms. The molecule has 7 nitrogen and oxygen atoms in total. The number of aryl methyl sites for hydroxylation is 2. The average Bonchev–Trinajstić information content (AvgIpc) is 2.52. The Balaban J connectivity index is 2.61. The predicted molar refractivity (Wildman–Crippen MR) is 88.1 cm³/mol. The minimum atomic E-state index is -0.356. The van der Waals surface area contributed by atoms with E-state index in [2.05, 4.69) is 19.9 Å². The highest BCUT2D eigenvalue weighted by atomic mass is 35.5. The third-order valence-corrected chi connectivity index (χ3v) is 3.96. The van der Waals surface area contributed by atoms with Crippen molar-refractivity contribution in [2.75, 3.05) is 7.05 Å². The molecule has 0 aliphatic heterocycles. The molecule has 0 N–H and O–H groups in total. The van der Waals surface area contributed by atoms with Gasteiger partial charge in [0.1, 0.15) is 5.49 Å². The van der Waals surface area contributed by atoms with Crippen LogP contribution in [-0.4, -0.2) is 31.1 Å². The van der Waals surface area contributed by atoms with Crippen LogP contribution in [0.15, 0.2) is 28.2 Å². The summed E-state index contributed by atoms with van der Waals surface area (Å²) in [5.74, 6) is 0. The van der Waals surface area contributed by atoms with Gasteiger partial charge in [0, 0.05) is 26.5 Å². The van der Waals surface area contributed by atoms with Crippen molar-refractivity contribution in [3.63, 3.8) is 0 Å². The van der Waals surface area contributed by atoms with E-state index in [0.29, 0.717) is 22.2 Å². The number of hydrogen-bond acceptors (Lipinski definition) is 5. The fourth-order valence-corrected chi connectivity index (χ4v) is 2.84. The van der Waals surface area contributed by atoms with Crippen molar-refractivity contribution in [2.45, 2.75) is 6.92 Å². The molecule has 3 rings (SSSR count). The summed E-state index contributed by atoms with van der Waals surface area (Å²) in [7, 11) is 3.18. The Kier molecular flexibility index (Phi) is 3.91. The van der Waals surface area contributed by atoms with Crippen molar-refractivity contribution in [2.24, 2.45) is 12.0 Å². The quantitative estimate of drug-likeness (QED) is 0.493. The number of halogens is 2. The molecular weight excluding hydrogens is 339 g/mol. The first-order valence-electron chi connectivity index (χ1n) is 6.64. The number of hydrogen-bond donors (Lipinski definition) is 0. The molecule has 0 aromatic carbocycles. The largest absolute Gasteiger partial charge is 0.335 e. The lowest BCUT2D eigenvalue weighted by Crippen LogP contribution is -2.39. The maximum Gasteiger partial charge on any atom is 0.335 e. The normalized spacial score (nSPS) is 12.1. The van der Waals surface area contributed by atoms with E-state index in [-0.39, 0.29) is 16.1 Å². The molecule has 0 atom stereocenters. The van der Waals surface area contributed by atoms with Gasteiger partial charge in [0.05, 0.1) is 11.1 Å². The highest BCUT2D eigenvalue weighted by molar-refractivity contribution is 6.31. The lowest BCUT2D eigenvalue weighted by Gasteiger charge is -2.14. The van der Waals surface area contributed by atoms with Crippen LogP contribution in [0.4, 0.5) is 0 Å². The van der Waals surface area contributed by atoms with Crippen molar-refractivity contribution in [3.8, 4) is 5.69 Å². The van der Waals surface area contributed by atoms with Gasteiger partial charge >= 0.3 is 5.69 Å². The van der Waals surface area contributed by atoms with Crippen LogP contribution in [0.2, 0.25) is 10.4 Å². The van der Waals surface area contributed by atoms with E-state index in [4.69, 9.17) is 23.2 Å². The van der Waals surface area contributed by atoms with Gasteiger partial charge in [-0.1, -0.05) is 11.6 Å². The van der Waals surface area contributed by atoms with Crippen LogP contribution in [0.25, 0.3) is 16.7 Å². The minimum Gasteiger partial charge on any atom is -0.280 e. The standard InChI is InChI=1S/C14H12Cl2N6O/c1-7-4-5-18-10(15)9(7)22-11(17-2)8-6-19-13(16)20-12(8)21(3)14(22)23/h4-6H,1-3H3.